The van der Waals surface area contributed by atoms with E-state index < -0.39 is 11.7 Å². The van der Waals surface area contributed by atoms with Crippen LogP contribution in [0.3, 0.4) is 0 Å². The van der Waals surface area contributed by atoms with E-state index in [9.17, 15) is 4.79 Å². The summed E-state index contributed by atoms with van der Waals surface area (Å²) in [5.41, 5.74) is 1.48. The van der Waals surface area contributed by atoms with Crippen LogP contribution in [0.25, 0.3) is 0 Å². The van der Waals surface area contributed by atoms with Crippen molar-refractivity contribution in [1.82, 2.24) is 5.32 Å². The predicted molar refractivity (Wildman–Crippen MR) is 101 cm³/mol. The number of carbonyl (C=O) groups is 1. The smallest absolute Gasteiger partial charge is 0.412 e. The summed E-state index contributed by atoms with van der Waals surface area (Å²) in [5, 5.41) is 8.37. The Morgan fingerprint density at radius 3 is 2.50 bits per heavy atom. The first-order valence-corrected chi connectivity index (χ1v) is 9.07. The first kappa shape index (κ1) is 18.5. The number of amides is 1. The molecule has 2 aromatic rings. The zero-order valence-electron chi connectivity index (χ0n) is 14.8. The number of ether oxygens (including phenoxy) is 1. The van der Waals surface area contributed by atoms with Crippen molar-refractivity contribution in [2.24, 2.45) is 0 Å². The molecule has 4 nitrogen and oxygen atoms in total. The van der Waals surface area contributed by atoms with Crippen molar-refractivity contribution >= 4 is 23.1 Å². The van der Waals surface area contributed by atoms with Gasteiger partial charge in [-0.25, -0.2) is 4.79 Å². The van der Waals surface area contributed by atoms with Crippen molar-refractivity contribution in [1.29, 1.82) is 0 Å². The molecule has 130 valence electrons. The normalized spacial score (nSPS) is 12.7. The molecule has 1 amide bonds. The highest BCUT2D eigenvalue weighted by Crippen LogP contribution is 2.18. The summed E-state index contributed by atoms with van der Waals surface area (Å²) >= 11 is 1.77. The second kappa shape index (κ2) is 8.31. The second-order valence-electron chi connectivity index (χ2n) is 6.77. The zero-order valence-corrected chi connectivity index (χ0v) is 15.6. The summed E-state index contributed by atoms with van der Waals surface area (Å²) in [5.74, 6) is 0. The largest absolute Gasteiger partial charge is 0.444 e. The minimum Gasteiger partial charge on any atom is -0.444 e. The van der Waals surface area contributed by atoms with Gasteiger partial charge in [0, 0.05) is 16.6 Å². The number of hydrogen-bond acceptors (Lipinski definition) is 4. The Kier molecular flexibility index (Phi) is 6.40. The quantitative estimate of drug-likeness (QED) is 0.775. The molecular formula is C19H26N2O2S. The van der Waals surface area contributed by atoms with E-state index in [0.717, 1.165) is 18.7 Å². The van der Waals surface area contributed by atoms with Gasteiger partial charge >= 0.3 is 6.09 Å². The number of anilines is 1. The lowest BCUT2D eigenvalue weighted by Crippen LogP contribution is -2.27. The number of nitrogens with one attached hydrogen (secondary N) is 2. The Hall–Kier alpha value is -1.85. The van der Waals surface area contributed by atoms with Crippen LogP contribution in [0.2, 0.25) is 0 Å². The molecular weight excluding hydrogens is 320 g/mol. The summed E-state index contributed by atoms with van der Waals surface area (Å²) < 4.78 is 5.24. The molecule has 1 heterocycles. The zero-order chi connectivity index (χ0) is 17.6. The van der Waals surface area contributed by atoms with Gasteiger partial charge in [-0.3, -0.25) is 5.32 Å². The van der Waals surface area contributed by atoms with Crippen molar-refractivity contribution in [3.05, 3.63) is 52.2 Å². The topological polar surface area (TPSA) is 50.4 Å². The Labute approximate surface area is 148 Å². The van der Waals surface area contributed by atoms with E-state index in [4.69, 9.17) is 4.74 Å². The molecule has 0 spiro atoms. The van der Waals surface area contributed by atoms with Crippen molar-refractivity contribution in [2.45, 2.75) is 45.8 Å². The van der Waals surface area contributed by atoms with Crippen LogP contribution >= 0.6 is 11.3 Å². The molecule has 24 heavy (non-hydrogen) atoms. The highest BCUT2D eigenvalue weighted by molar-refractivity contribution is 7.10. The average Bonchev–Trinajstić information content (AvgIpc) is 3.01. The van der Waals surface area contributed by atoms with Gasteiger partial charge in [0.15, 0.2) is 0 Å². The van der Waals surface area contributed by atoms with Gasteiger partial charge in [-0.1, -0.05) is 18.2 Å². The van der Waals surface area contributed by atoms with E-state index in [0.29, 0.717) is 6.04 Å². The van der Waals surface area contributed by atoms with E-state index in [1.807, 2.05) is 45.0 Å². The Balaban J connectivity index is 1.76. The van der Waals surface area contributed by atoms with Gasteiger partial charge in [-0.05, 0) is 69.8 Å². The Bertz CT molecular complexity index is 630. The predicted octanol–water partition coefficient (Wildman–Crippen LogP) is 4.99. The molecule has 1 aromatic carbocycles. The first-order valence-electron chi connectivity index (χ1n) is 8.19. The maximum Gasteiger partial charge on any atom is 0.412 e. The maximum atomic E-state index is 11.7. The van der Waals surface area contributed by atoms with Crippen LogP contribution in [0, 0.1) is 0 Å². The lowest BCUT2D eigenvalue weighted by atomic mass is 10.1. The number of rotatable bonds is 6. The first-order chi connectivity index (χ1) is 11.3. The standard InChI is InChI=1S/C19H26N2O2S/c1-14(17-6-5-13-24-17)20-12-11-15-7-9-16(10-8-15)21-18(22)23-19(2,3)4/h5-10,13-14,20H,11-12H2,1-4H3,(H,21,22). The van der Waals surface area contributed by atoms with Gasteiger partial charge in [0.1, 0.15) is 5.60 Å². The lowest BCUT2D eigenvalue weighted by molar-refractivity contribution is 0.0636. The number of thiophene rings is 1. The van der Waals surface area contributed by atoms with Crippen LogP contribution < -0.4 is 10.6 Å². The van der Waals surface area contributed by atoms with Gasteiger partial charge in [0.2, 0.25) is 0 Å². The summed E-state index contributed by atoms with van der Waals surface area (Å²) in [6.45, 7) is 8.64. The third-order valence-electron chi connectivity index (χ3n) is 3.43. The molecule has 5 heteroatoms. The molecule has 0 saturated heterocycles. The minimum absolute atomic E-state index is 0.373. The highest BCUT2D eigenvalue weighted by atomic mass is 32.1. The SMILES string of the molecule is CC(NCCc1ccc(NC(=O)OC(C)(C)C)cc1)c1cccs1. The molecule has 1 aromatic heterocycles. The summed E-state index contributed by atoms with van der Waals surface area (Å²) in [6.07, 6.45) is 0.518. The van der Waals surface area contributed by atoms with E-state index in [1.165, 1.54) is 10.4 Å². The monoisotopic (exact) mass is 346 g/mol. The lowest BCUT2D eigenvalue weighted by Gasteiger charge is -2.19. The third kappa shape index (κ3) is 6.34. The second-order valence-corrected chi connectivity index (χ2v) is 7.74. The third-order valence-corrected chi connectivity index (χ3v) is 4.49. The van der Waals surface area contributed by atoms with Crippen LogP contribution in [0.15, 0.2) is 41.8 Å². The van der Waals surface area contributed by atoms with Crippen molar-refractivity contribution in [2.75, 3.05) is 11.9 Å². The summed E-state index contributed by atoms with van der Waals surface area (Å²) in [4.78, 5) is 13.1. The Morgan fingerprint density at radius 2 is 1.92 bits per heavy atom. The van der Waals surface area contributed by atoms with Crippen LogP contribution in [-0.4, -0.2) is 18.2 Å². The molecule has 0 saturated carbocycles. The van der Waals surface area contributed by atoms with Crippen LogP contribution in [0.1, 0.15) is 44.2 Å². The fourth-order valence-electron chi connectivity index (χ4n) is 2.25. The van der Waals surface area contributed by atoms with Crippen molar-refractivity contribution in [3.8, 4) is 0 Å². The van der Waals surface area contributed by atoms with Crippen LogP contribution in [0.5, 0.6) is 0 Å². The van der Waals surface area contributed by atoms with Gasteiger partial charge < -0.3 is 10.1 Å². The molecule has 1 unspecified atom stereocenters. The fourth-order valence-corrected chi connectivity index (χ4v) is 3.01. The van der Waals surface area contributed by atoms with E-state index in [-0.39, 0.29) is 0 Å². The molecule has 2 N–H and O–H groups in total. The molecule has 0 aliphatic heterocycles. The highest BCUT2D eigenvalue weighted by Gasteiger charge is 2.16. The van der Waals surface area contributed by atoms with Gasteiger partial charge in [0.25, 0.3) is 0 Å². The van der Waals surface area contributed by atoms with Crippen LogP contribution in [0.4, 0.5) is 10.5 Å². The maximum absolute atomic E-state index is 11.7. The van der Waals surface area contributed by atoms with Crippen LogP contribution in [-0.2, 0) is 11.2 Å². The molecule has 0 fully saturated rings. The van der Waals surface area contributed by atoms with E-state index in [2.05, 4.69) is 35.1 Å². The molecule has 0 bridgehead atoms. The van der Waals surface area contributed by atoms with E-state index in [1.54, 1.807) is 11.3 Å². The van der Waals surface area contributed by atoms with Crippen molar-refractivity contribution < 1.29 is 9.53 Å². The molecule has 0 aliphatic carbocycles. The van der Waals surface area contributed by atoms with Gasteiger partial charge in [-0.2, -0.15) is 0 Å². The van der Waals surface area contributed by atoms with Crippen molar-refractivity contribution in [3.63, 3.8) is 0 Å². The minimum atomic E-state index is -0.491. The summed E-state index contributed by atoms with van der Waals surface area (Å²) in [7, 11) is 0. The van der Waals surface area contributed by atoms with Gasteiger partial charge in [0.05, 0.1) is 0 Å². The molecule has 1 atom stereocenters. The average molecular weight is 346 g/mol. The Morgan fingerprint density at radius 1 is 1.21 bits per heavy atom. The number of benzene rings is 1. The molecule has 2 rings (SSSR count). The number of hydrogen-bond donors (Lipinski definition) is 2. The fraction of sp³-hybridized carbons (Fsp3) is 0.421. The molecule has 0 aliphatic rings. The van der Waals surface area contributed by atoms with E-state index >= 15 is 0 Å². The summed E-state index contributed by atoms with van der Waals surface area (Å²) in [6, 6.07) is 12.5. The number of carbonyl (C=O) groups excluding carboxylic acids is 1. The molecule has 0 radical (unpaired) electrons. The van der Waals surface area contributed by atoms with Gasteiger partial charge in [-0.15, -0.1) is 11.3 Å².